The van der Waals surface area contributed by atoms with Gasteiger partial charge in [-0.25, -0.2) is 0 Å². The van der Waals surface area contributed by atoms with Crippen LogP contribution in [-0.4, -0.2) is 36.9 Å². The van der Waals surface area contributed by atoms with Crippen molar-refractivity contribution >= 4 is 11.9 Å². The molecule has 5 nitrogen and oxygen atoms in total. The summed E-state index contributed by atoms with van der Waals surface area (Å²) in [6, 6.07) is 0. The zero-order valence-electron chi connectivity index (χ0n) is 22.5. The van der Waals surface area contributed by atoms with Crippen LogP contribution in [0.3, 0.4) is 0 Å². The first-order valence-corrected chi connectivity index (χ1v) is 15.2. The topological polar surface area (TPSA) is 65.1 Å². The third-order valence-corrected chi connectivity index (χ3v) is 8.38. The number of hydrogen-bond donors (Lipinski definition) is 0. The molecule has 35 heavy (non-hydrogen) atoms. The fourth-order valence-corrected chi connectivity index (χ4v) is 6.09. The minimum absolute atomic E-state index is 0.0648. The number of hydrogen-bond acceptors (Lipinski definition) is 5. The Morgan fingerprint density at radius 1 is 0.743 bits per heavy atom. The minimum Gasteiger partial charge on any atom is -0.463 e. The summed E-state index contributed by atoms with van der Waals surface area (Å²) in [6.45, 7) is 2.55. The Bertz CT molecular complexity index is 594. The summed E-state index contributed by atoms with van der Waals surface area (Å²) in [6.07, 6.45) is 23.7. The quantitative estimate of drug-likeness (QED) is 0.118. The van der Waals surface area contributed by atoms with Gasteiger partial charge in [0, 0.05) is 12.8 Å². The monoisotopic (exact) mass is 492 g/mol. The highest BCUT2D eigenvalue weighted by molar-refractivity contribution is 5.70. The second kappa shape index (κ2) is 16.6. The highest BCUT2D eigenvalue weighted by atomic mass is 16.7. The zero-order chi connectivity index (χ0) is 24.7. The lowest BCUT2D eigenvalue weighted by molar-refractivity contribution is -0.152. The first kappa shape index (κ1) is 28.5. The standard InChI is InChI=1S/C30H52O5/c1-2-3-4-5-6-7-8-15-20-26(34-29(32)22-25-18-13-10-14-19-25)30-27(35-30)23-33-28(31)21-24-16-11-9-12-17-24/h24-27,30H,2-23H2,1H3/t26?,27-,30-/m1/s1. The number of rotatable bonds is 17. The van der Waals surface area contributed by atoms with E-state index in [4.69, 9.17) is 14.2 Å². The van der Waals surface area contributed by atoms with Gasteiger partial charge in [0.1, 0.15) is 24.9 Å². The average Bonchev–Trinajstić information content (AvgIpc) is 3.64. The van der Waals surface area contributed by atoms with E-state index < -0.39 is 0 Å². The summed E-state index contributed by atoms with van der Waals surface area (Å²) >= 11 is 0. The summed E-state index contributed by atoms with van der Waals surface area (Å²) < 4.78 is 17.4. The number of unbranched alkanes of at least 4 members (excludes halogenated alkanes) is 7. The van der Waals surface area contributed by atoms with Crippen LogP contribution < -0.4 is 0 Å². The largest absolute Gasteiger partial charge is 0.463 e. The molecule has 5 heteroatoms. The maximum Gasteiger partial charge on any atom is 0.306 e. The van der Waals surface area contributed by atoms with Gasteiger partial charge in [0.15, 0.2) is 0 Å². The van der Waals surface area contributed by atoms with Crippen LogP contribution in [0.5, 0.6) is 0 Å². The molecule has 3 rings (SSSR count). The third-order valence-electron chi connectivity index (χ3n) is 8.38. The predicted molar refractivity (Wildman–Crippen MR) is 139 cm³/mol. The Morgan fingerprint density at radius 2 is 1.29 bits per heavy atom. The van der Waals surface area contributed by atoms with Crippen LogP contribution in [0.15, 0.2) is 0 Å². The van der Waals surface area contributed by atoms with Gasteiger partial charge in [0.2, 0.25) is 0 Å². The smallest absolute Gasteiger partial charge is 0.306 e. The molecular weight excluding hydrogens is 440 g/mol. The molecule has 0 N–H and O–H groups in total. The molecule has 0 spiro atoms. The lowest BCUT2D eigenvalue weighted by atomic mass is 9.87. The van der Waals surface area contributed by atoms with Crippen LogP contribution in [0, 0.1) is 11.8 Å². The number of epoxide rings is 1. The van der Waals surface area contributed by atoms with Crippen molar-refractivity contribution in [3.05, 3.63) is 0 Å². The van der Waals surface area contributed by atoms with E-state index in [1.165, 1.54) is 83.5 Å². The first-order valence-electron chi connectivity index (χ1n) is 15.2. The number of ether oxygens (including phenoxy) is 3. The van der Waals surface area contributed by atoms with Crippen LogP contribution in [0.2, 0.25) is 0 Å². The van der Waals surface area contributed by atoms with Gasteiger partial charge in [-0.2, -0.15) is 0 Å². The summed E-state index contributed by atoms with van der Waals surface area (Å²) in [5, 5.41) is 0. The Labute approximate surface area is 214 Å². The van der Waals surface area contributed by atoms with Crippen molar-refractivity contribution in [3.63, 3.8) is 0 Å². The molecule has 0 aromatic rings. The highest BCUT2D eigenvalue weighted by Gasteiger charge is 2.47. The molecule has 2 aliphatic carbocycles. The molecule has 2 saturated carbocycles. The Morgan fingerprint density at radius 3 is 1.89 bits per heavy atom. The van der Waals surface area contributed by atoms with Crippen LogP contribution >= 0.6 is 0 Å². The summed E-state index contributed by atoms with van der Waals surface area (Å²) in [5.41, 5.74) is 0. The van der Waals surface area contributed by atoms with Crippen molar-refractivity contribution in [2.45, 2.75) is 160 Å². The molecule has 3 atom stereocenters. The molecule has 1 heterocycles. The lowest BCUT2D eigenvalue weighted by Crippen LogP contribution is -2.28. The average molecular weight is 493 g/mol. The molecule has 0 amide bonds. The fourth-order valence-electron chi connectivity index (χ4n) is 6.09. The van der Waals surface area contributed by atoms with E-state index in [1.807, 2.05) is 0 Å². The second-order valence-electron chi connectivity index (χ2n) is 11.5. The van der Waals surface area contributed by atoms with E-state index in [2.05, 4.69) is 6.92 Å². The van der Waals surface area contributed by atoms with Crippen molar-refractivity contribution in [1.82, 2.24) is 0 Å². The van der Waals surface area contributed by atoms with Crippen molar-refractivity contribution in [1.29, 1.82) is 0 Å². The maximum atomic E-state index is 12.7. The molecule has 1 aliphatic heterocycles. The SMILES string of the molecule is CCCCCCCCCCC(OC(=O)CC1CCCCC1)[C@H]1O[C@@H]1COC(=O)CC1CCCCC1. The fraction of sp³-hybridized carbons (Fsp3) is 0.933. The van der Waals surface area contributed by atoms with E-state index in [1.54, 1.807) is 0 Å². The Hall–Kier alpha value is -1.10. The van der Waals surface area contributed by atoms with E-state index in [9.17, 15) is 9.59 Å². The number of carbonyl (C=O) groups is 2. The maximum absolute atomic E-state index is 12.7. The third kappa shape index (κ3) is 11.7. The minimum atomic E-state index is -0.201. The summed E-state index contributed by atoms with van der Waals surface area (Å²) in [5.74, 6) is 0.810. The van der Waals surface area contributed by atoms with Gasteiger partial charge < -0.3 is 14.2 Å². The predicted octanol–water partition coefficient (Wildman–Crippen LogP) is 7.68. The van der Waals surface area contributed by atoms with E-state index in [-0.39, 0.29) is 30.3 Å². The van der Waals surface area contributed by atoms with E-state index >= 15 is 0 Å². The van der Waals surface area contributed by atoms with Gasteiger partial charge in [-0.15, -0.1) is 0 Å². The van der Waals surface area contributed by atoms with E-state index in [0.717, 1.165) is 38.5 Å². The van der Waals surface area contributed by atoms with Crippen molar-refractivity contribution in [2.24, 2.45) is 11.8 Å². The molecule has 0 aromatic carbocycles. The van der Waals surface area contributed by atoms with Crippen molar-refractivity contribution in [3.8, 4) is 0 Å². The van der Waals surface area contributed by atoms with Gasteiger partial charge in [-0.05, 0) is 50.4 Å². The molecule has 202 valence electrons. The molecule has 0 radical (unpaired) electrons. The van der Waals surface area contributed by atoms with E-state index in [0.29, 0.717) is 31.3 Å². The molecule has 3 fully saturated rings. The summed E-state index contributed by atoms with van der Waals surface area (Å²) in [4.78, 5) is 25.0. The lowest BCUT2D eigenvalue weighted by Gasteiger charge is -2.22. The summed E-state index contributed by atoms with van der Waals surface area (Å²) in [7, 11) is 0. The van der Waals surface area contributed by atoms with Crippen LogP contribution in [-0.2, 0) is 23.8 Å². The van der Waals surface area contributed by atoms with Crippen LogP contribution in [0.25, 0.3) is 0 Å². The van der Waals surface area contributed by atoms with Gasteiger partial charge in [0.25, 0.3) is 0 Å². The second-order valence-corrected chi connectivity index (χ2v) is 11.5. The molecular formula is C30H52O5. The Kier molecular flexibility index (Phi) is 13.5. The van der Waals surface area contributed by atoms with Gasteiger partial charge in [-0.3, -0.25) is 9.59 Å². The zero-order valence-corrected chi connectivity index (χ0v) is 22.5. The molecule has 3 aliphatic rings. The van der Waals surface area contributed by atoms with Crippen LogP contribution in [0.1, 0.15) is 142 Å². The molecule has 1 saturated heterocycles. The highest BCUT2D eigenvalue weighted by Crippen LogP contribution is 2.33. The normalized spacial score (nSPS) is 24.1. The number of carbonyl (C=O) groups excluding carboxylic acids is 2. The van der Waals surface area contributed by atoms with Crippen molar-refractivity contribution < 1.29 is 23.8 Å². The molecule has 0 bridgehead atoms. The molecule has 1 unspecified atom stereocenters. The van der Waals surface area contributed by atoms with Gasteiger partial charge in [-0.1, -0.05) is 90.4 Å². The number of esters is 2. The molecule has 0 aromatic heterocycles. The van der Waals surface area contributed by atoms with Gasteiger partial charge >= 0.3 is 11.9 Å². The van der Waals surface area contributed by atoms with Crippen LogP contribution in [0.4, 0.5) is 0 Å². The van der Waals surface area contributed by atoms with Crippen molar-refractivity contribution in [2.75, 3.05) is 6.61 Å². The van der Waals surface area contributed by atoms with Gasteiger partial charge in [0.05, 0.1) is 0 Å². The first-order chi connectivity index (χ1) is 17.2. The Balaban J connectivity index is 1.37.